The summed E-state index contributed by atoms with van der Waals surface area (Å²) in [7, 11) is 0. The molecule has 2 atom stereocenters. The van der Waals surface area contributed by atoms with Crippen LogP contribution < -0.4 is 0 Å². The van der Waals surface area contributed by atoms with Gasteiger partial charge < -0.3 is 10.2 Å². The van der Waals surface area contributed by atoms with Gasteiger partial charge in [-0.1, -0.05) is 27.7 Å². The highest BCUT2D eigenvalue weighted by Crippen LogP contribution is 2.45. The van der Waals surface area contributed by atoms with Crippen molar-refractivity contribution in [3.05, 3.63) is 55.7 Å². The van der Waals surface area contributed by atoms with E-state index in [0.29, 0.717) is 33.2 Å². The van der Waals surface area contributed by atoms with Gasteiger partial charge in [0.1, 0.15) is 6.10 Å². The van der Waals surface area contributed by atoms with Crippen LogP contribution in [0, 0.1) is 8.99 Å². The van der Waals surface area contributed by atoms with Crippen LogP contribution in [0.25, 0.3) is 0 Å². The van der Waals surface area contributed by atoms with E-state index in [4.69, 9.17) is 4.98 Å². The van der Waals surface area contributed by atoms with E-state index in [1.165, 1.54) is 6.07 Å². The van der Waals surface area contributed by atoms with Gasteiger partial charge in [0.2, 0.25) is 0 Å². The van der Waals surface area contributed by atoms with Crippen LogP contribution in [0.3, 0.4) is 0 Å². The van der Waals surface area contributed by atoms with Crippen LogP contribution in [0.1, 0.15) is 86.0 Å². The summed E-state index contributed by atoms with van der Waals surface area (Å²) in [6, 6.07) is 2.10. The number of pyridine rings is 2. The lowest BCUT2D eigenvalue weighted by atomic mass is 9.74. The number of aliphatic hydroxyl groups is 2. The molecule has 0 unspecified atom stereocenters. The number of nitrogens with zero attached hydrogens (tertiary/aromatic N) is 2. The Kier molecular flexibility index (Phi) is 6.01. The molecule has 1 aliphatic rings. The number of aliphatic hydroxyl groups excluding tert-OH is 2. The lowest BCUT2D eigenvalue weighted by Crippen LogP contribution is -2.29. The second kappa shape index (κ2) is 7.77. The summed E-state index contributed by atoms with van der Waals surface area (Å²) in [5, 5.41) is 21.8. The highest BCUT2D eigenvalue weighted by atomic mass is 127. The number of halogens is 4. The minimum atomic E-state index is -4.49. The molecule has 8 heteroatoms. The van der Waals surface area contributed by atoms with Crippen molar-refractivity contribution >= 4 is 22.6 Å². The van der Waals surface area contributed by atoms with Crippen molar-refractivity contribution in [2.75, 3.05) is 0 Å². The molecule has 0 aromatic carbocycles. The Morgan fingerprint density at radius 1 is 1.24 bits per heavy atom. The summed E-state index contributed by atoms with van der Waals surface area (Å²) < 4.78 is 39.2. The first-order valence-electron chi connectivity index (χ1n) is 9.43. The third kappa shape index (κ3) is 4.44. The highest BCUT2D eigenvalue weighted by molar-refractivity contribution is 14.1. The van der Waals surface area contributed by atoms with Crippen LogP contribution in [-0.2, 0) is 12.6 Å². The normalized spacial score (nSPS) is 19.9. The molecular formula is C21H24F3IN2O2. The zero-order valence-electron chi connectivity index (χ0n) is 16.7. The SMILES string of the molecule is CC(C)c1nc2c(c(I)c1[C@H](O)c1ccc(C(F)(F)F)cn1)[C@@H](O)CC(C)(C)C2. The van der Waals surface area contributed by atoms with E-state index in [-0.39, 0.29) is 17.0 Å². The molecule has 1 aliphatic carbocycles. The van der Waals surface area contributed by atoms with Gasteiger partial charge in [0.15, 0.2) is 0 Å². The van der Waals surface area contributed by atoms with E-state index in [0.717, 1.165) is 18.0 Å². The maximum absolute atomic E-state index is 12.8. The Morgan fingerprint density at radius 2 is 1.90 bits per heavy atom. The Hall–Kier alpha value is -1.26. The predicted octanol–water partition coefficient (Wildman–Crippen LogP) is 5.31. The summed E-state index contributed by atoms with van der Waals surface area (Å²) >= 11 is 2.10. The number of hydrogen-bond donors (Lipinski definition) is 2. The van der Waals surface area contributed by atoms with E-state index >= 15 is 0 Å². The minimum Gasteiger partial charge on any atom is -0.388 e. The summed E-state index contributed by atoms with van der Waals surface area (Å²) in [4.78, 5) is 8.64. The van der Waals surface area contributed by atoms with Crippen molar-refractivity contribution in [1.29, 1.82) is 0 Å². The topological polar surface area (TPSA) is 66.2 Å². The van der Waals surface area contributed by atoms with Crippen LogP contribution in [0.2, 0.25) is 0 Å². The summed E-state index contributed by atoms with van der Waals surface area (Å²) in [5.74, 6) is -0.0184. The van der Waals surface area contributed by atoms with Crippen molar-refractivity contribution < 1.29 is 23.4 Å². The average molecular weight is 520 g/mol. The standard InChI is InChI=1S/C21H24F3IN2O2/c1-10(2)18-16(19(29)12-6-5-11(9-26-12)21(22,23)24)17(25)15-13(27-18)7-20(3,4)8-14(15)28/h5-6,9-10,14,19,28-29H,7-8H2,1-4H3/t14-,19+/m0/s1. The monoisotopic (exact) mass is 520 g/mol. The Balaban J connectivity index is 2.12. The van der Waals surface area contributed by atoms with Crippen LogP contribution >= 0.6 is 22.6 Å². The van der Waals surface area contributed by atoms with Crippen molar-refractivity contribution in [3.63, 3.8) is 0 Å². The van der Waals surface area contributed by atoms with Gasteiger partial charge in [0, 0.05) is 26.6 Å². The summed E-state index contributed by atoms with van der Waals surface area (Å²) in [6.45, 7) is 8.06. The highest BCUT2D eigenvalue weighted by Gasteiger charge is 2.37. The van der Waals surface area contributed by atoms with E-state index in [1.54, 1.807) is 0 Å². The fourth-order valence-corrected chi connectivity index (χ4v) is 5.10. The zero-order valence-corrected chi connectivity index (χ0v) is 18.8. The first-order chi connectivity index (χ1) is 13.3. The number of aromatic nitrogens is 2. The first-order valence-corrected chi connectivity index (χ1v) is 10.5. The zero-order chi connectivity index (χ0) is 21.7. The molecule has 2 heterocycles. The second-order valence-corrected chi connectivity index (χ2v) is 9.75. The molecule has 4 nitrogen and oxygen atoms in total. The van der Waals surface area contributed by atoms with E-state index in [2.05, 4.69) is 41.4 Å². The van der Waals surface area contributed by atoms with Gasteiger partial charge in [0.05, 0.1) is 23.1 Å². The van der Waals surface area contributed by atoms with Gasteiger partial charge in [0.25, 0.3) is 0 Å². The van der Waals surface area contributed by atoms with Gasteiger partial charge >= 0.3 is 6.18 Å². The fraction of sp³-hybridized carbons (Fsp3) is 0.524. The number of fused-ring (bicyclic) bond motifs is 1. The van der Waals surface area contributed by atoms with Gasteiger partial charge in [-0.25, -0.2) is 0 Å². The molecule has 0 radical (unpaired) electrons. The third-order valence-electron chi connectivity index (χ3n) is 5.25. The molecule has 2 aromatic heterocycles. The smallest absolute Gasteiger partial charge is 0.388 e. The molecule has 0 fully saturated rings. The van der Waals surface area contributed by atoms with Gasteiger partial charge in [-0.3, -0.25) is 9.97 Å². The minimum absolute atomic E-state index is 0.0184. The fourth-order valence-electron chi connectivity index (χ4n) is 3.86. The molecule has 158 valence electrons. The van der Waals surface area contributed by atoms with Crippen LogP contribution in [-0.4, -0.2) is 20.2 Å². The molecule has 2 aromatic rings. The molecule has 3 rings (SSSR count). The third-order valence-corrected chi connectivity index (χ3v) is 6.42. The lowest BCUT2D eigenvalue weighted by Gasteiger charge is -2.36. The Bertz CT molecular complexity index is 912. The van der Waals surface area contributed by atoms with Gasteiger partial charge in [-0.15, -0.1) is 0 Å². The molecule has 0 spiro atoms. The molecule has 0 saturated carbocycles. The summed E-state index contributed by atoms with van der Waals surface area (Å²) in [6.07, 6.45) is -4.42. The van der Waals surface area contributed by atoms with Crippen molar-refractivity contribution in [1.82, 2.24) is 9.97 Å². The largest absolute Gasteiger partial charge is 0.417 e. The van der Waals surface area contributed by atoms with Crippen molar-refractivity contribution in [2.45, 2.75) is 64.8 Å². The second-order valence-electron chi connectivity index (χ2n) is 8.67. The van der Waals surface area contributed by atoms with E-state index in [9.17, 15) is 23.4 Å². The van der Waals surface area contributed by atoms with Crippen LogP contribution in [0.4, 0.5) is 13.2 Å². The quantitative estimate of drug-likeness (QED) is 0.539. The van der Waals surface area contributed by atoms with Gasteiger partial charge in [-0.05, 0) is 58.9 Å². The molecule has 29 heavy (non-hydrogen) atoms. The lowest BCUT2D eigenvalue weighted by molar-refractivity contribution is -0.137. The Morgan fingerprint density at radius 3 is 2.41 bits per heavy atom. The maximum Gasteiger partial charge on any atom is 0.417 e. The maximum atomic E-state index is 12.8. The number of hydrogen-bond acceptors (Lipinski definition) is 4. The van der Waals surface area contributed by atoms with Gasteiger partial charge in [-0.2, -0.15) is 13.2 Å². The molecule has 0 saturated heterocycles. The predicted molar refractivity (Wildman–Crippen MR) is 111 cm³/mol. The van der Waals surface area contributed by atoms with Crippen LogP contribution in [0.5, 0.6) is 0 Å². The summed E-state index contributed by atoms with van der Waals surface area (Å²) in [5.41, 5.74) is 1.86. The molecule has 0 amide bonds. The first kappa shape index (κ1) is 22.4. The molecule has 0 aliphatic heterocycles. The Labute approximate surface area is 181 Å². The van der Waals surface area contributed by atoms with Crippen LogP contribution in [0.15, 0.2) is 18.3 Å². The number of rotatable bonds is 3. The molecule has 2 N–H and O–H groups in total. The molecular weight excluding hydrogens is 496 g/mol. The van der Waals surface area contributed by atoms with E-state index in [1.807, 2.05) is 13.8 Å². The van der Waals surface area contributed by atoms with E-state index < -0.39 is 23.9 Å². The number of alkyl halides is 3. The average Bonchev–Trinajstić information content (AvgIpc) is 2.58. The van der Waals surface area contributed by atoms with Crippen molar-refractivity contribution in [3.8, 4) is 0 Å². The van der Waals surface area contributed by atoms with Crippen molar-refractivity contribution in [2.24, 2.45) is 5.41 Å². The molecule has 0 bridgehead atoms.